The normalized spacial score (nSPS) is 18.9. The van der Waals surface area contributed by atoms with Gasteiger partial charge in [0.1, 0.15) is 6.26 Å². The van der Waals surface area contributed by atoms with Crippen molar-refractivity contribution >= 4 is 0 Å². The summed E-state index contributed by atoms with van der Waals surface area (Å²) in [7, 11) is 2.11. The van der Waals surface area contributed by atoms with Crippen LogP contribution in [0.3, 0.4) is 0 Å². The van der Waals surface area contributed by atoms with Crippen LogP contribution in [0, 0.1) is 0 Å². The molecule has 0 atom stereocenters. The molecular formula is C7H10N2O. The van der Waals surface area contributed by atoms with Gasteiger partial charge < -0.3 is 9.42 Å². The van der Waals surface area contributed by atoms with E-state index in [-0.39, 0.29) is 0 Å². The number of aromatic nitrogens is 1. The summed E-state index contributed by atoms with van der Waals surface area (Å²) < 4.78 is 4.84. The van der Waals surface area contributed by atoms with E-state index in [4.69, 9.17) is 4.52 Å². The Kier molecular flexibility index (Phi) is 1.24. The van der Waals surface area contributed by atoms with Gasteiger partial charge in [0.05, 0.1) is 5.69 Å². The lowest BCUT2D eigenvalue weighted by Gasteiger charge is -2.19. The first kappa shape index (κ1) is 5.92. The van der Waals surface area contributed by atoms with Crippen molar-refractivity contribution in [2.75, 3.05) is 13.6 Å². The molecule has 0 aliphatic carbocycles. The minimum Gasteiger partial charge on any atom is -0.364 e. The van der Waals surface area contributed by atoms with Crippen LogP contribution < -0.4 is 0 Å². The molecule has 0 amide bonds. The largest absolute Gasteiger partial charge is 0.364 e. The molecule has 10 heavy (non-hydrogen) atoms. The van der Waals surface area contributed by atoms with E-state index in [9.17, 15) is 0 Å². The van der Waals surface area contributed by atoms with Gasteiger partial charge in [-0.25, -0.2) is 0 Å². The molecule has 1 aromatic heterocycles. The molecule has 0 saturated carbocycles. The third-order valence-electron chi connectivity index (χ3n) is 1.90. The highest BCUT2D eigenvalue weighted by atomic mass is 16.5. The molecule has 1 aliphatic rings. The third-order valence-corrected chi connectivity index (χ3v) is 1.90. The van der Waals surface area contributed by atoms with Gasteiger partial charge in [0.25, 0.3) is 0 Å². The topological polar surface area (TPSA) is 29.3 Å². The third kappa shape index (κ3) is 0.827. The molecular weight excluding hydrogens is 128 g/mol. The van der Waals surface area contributed by atoms with E-state index in [1.807, 2.05) is 0 Å². The zero-order chi connectivity index (χ0) is 6.97. The Labute approximate surface area is 59.6 Å². The van der Waals surface area contributed by atoms with E-state index < -0.39 is 0 Å². The smallest absolute Gasteiger partial charge is 0.128 e. The predicted molar refractivity (Wildman–Crippen MR) is 36.5 cm³/mol. The average molecular weight is 138 g/mol. The van der Waals surface area contributed by atoms with Gasteiger partial charge >= 0.3 is 0 Å². The van der Waals surface area contributed by atoms with Crippen LogP contribution in [0.4, 0.5) is 0 Å². The van der Waals surface area contributed by atoms with Gasteiger partial charge in [-0.3, -0.25) is 0 Å². The lowest BCUT2D eigenvalue weighted by atomic mass is 10.1. The fourth-order valence-electron chi connectivity index (χ4n) is 1.28. The molecule has 1 aliphatic heterocycles. The number of nitrogens with zero attached hydrogens (tertiary/aromatic N) is 2. The molecule has 0 unspecified atom stereocenters. The van der Waals surface area contributed by atoms with Gasteiger partial charge in [0.2, 0.25) is 0 Å². The Bertz CT molecular complexity index is 231. The number of hydrogen-bond acceptors (Lipinski definition) is 3. The second-order valence-corrected chi connectivity index (χ2v) is 2.77. The van der Waals surface area contributed by atoms with Crippen molar-refractivity contribution in [1.82, 2.24) is 10.1 Å². The summed E-state index contributed by atoms with van der Waals surface area (Å²) in [6.07, 6.45) is 2.77. The van der Waals surface area contributed by atoms with Crippen molar-refractivity contribution in [3.63, 3.8) is 0 Å². The van der Waals surface area contributed by atoms with E-state index >= 15 is 0 Å². The first-order chi connectivity index (χ1) is 4.86. The Morgan fingerprint density at radius 1 is 1.70 bits per heavy atom. The predicted octanol–water partition coefficient (Wildman–Crippen LogP) is 0.662. The lowest BCUT2D eigenvalue weighted by Crippen LogP contribution is -2.25. The van der Waals surface area contributed by atoms with Crippen molar-refractivity contribution < 1.29 is 4.52 Å². The Morgan fingerprint density at radius 3 is 3.50 bits per heavy atom. The SMILES string of the molecule is CN1CCc2nocc2C1. The van der Waals surface area contributed by atoms with Crippen molar-refractivity contribution in [2.24, 2.45) is 0 Å². The molecule has 54 valence electrons. The van der Waals surface area contributed by atoms with Crippen molar-refractivity contribution in [1.29, 1.82) is 0 Å². The quantitative estimate of drug-likeness (QED) is 0.527. The monoisotopic (exact) mass is 138 g/mol. The van der Waals surface area contributed by atoms with Crippen LogP contribution in [0.1, 0.15) is 11.3 Å². The molecule has 0 spiro atoms. The van der Waals surface area contributed by atoms with E-state index in [2.05, 4.69) is 17.1 Å². The summed E-state index contributed by atoms with van der Waals surface area (Å²) in [6.45, 7) is 2.08. The van der Waals surface area contributed by atoms with E-state index in [0.29, 0.717) is 0 Å². The molecule has 3 nitrogen and oxygen atoms in total. The van der Waals surface area contributed by atoms with Crippen LogP contribution in [0.2, 0.25) is 0 Å². The maximum absolute atomic E-state index is 4.84. The van der Waals surface area contributed by atoms with Gasteiger partial charge in [0.15, 0.2) is 0 Å². The van der Waals surface area contributed by atoms with E-state index in [0.717, 1.165) is 25.2 Å². The summed E-state index contributed by atoms with van der Waals surface area (Å²) in [6, 6.07) is 0. The number of likely N-dealkylation sites (N-methyl/N-ethyl adjacent to an activating group) is 1. The van der Waals surface area contributed by atoms with Gasteiger partial charge in [-0.1, -0.05) is 5.16 Å². The molecule has 0 aromatic carbocycles. The molecule has 0 N–H and O–H groups in total. The van der Waals surface area contributed by atoms with Crippen LogP contribution in [0.5, 0.6) is 0 Å². The van der Waals surface area contributed by atoms with Crippen molar-refractivity contribution in [3.8, 4) is 0 Å². The molecule has 0 radical (unpaired) electrons. The summed E-state index contributed by atoms with van der Waals surface area (Å²) in [4.78, 5) is 2.26. The standard InChI is InChI=1S/C7H10N2O/c1-9-3-2-7-6(4-9)5-10-8-7/h5H,2-4H2,1H3. The Hall–Kier alpha value is -0.830. The van der Waals surface area contributed by atoms with Gasteiger partial charge in [-0.2, -0.15) is 0 Å². The zero-order valence-corrected chi connectivity index (χ0v) is 6.00. The molecule has 0 fully saturated rings. The van der Waals surface area contributed by atoms with Crippen molar-refractivity contribution in [2.45, 2.75) is 13.0 Å². The average Bonchev–Trinajstić information content (AvgIpc) is 2.33. The van der Waals surface area contributed by atoms with E-state index in [1.54, 1.807) is 6.26 Å². The van der Waals surface area contributed by atoms with Gasteiger partial charge in [-0.05, 0) is 7.05 Å². The maximum atomic E-state index is 4.84. The Morgan fingerprint density at radius 2 is 2.60 bits per heavy atom. The van der Waals surface area contributed by atoms with E-state index in [1.165, 1.54) is 5.56 Å². The van der Waals surface area contributed by atoms with Crippen LogP contribution >= 0.6 is 0 Å². The minimum absolute atomic E-state index is 0.985. The molecule has 2 rings (SSSR count). The van der Waals surface area contributed by atoms with Gasteiger partial charge in [-0.15, -0.1) is 0 Å². The highest BCUT2D eigenvalue weighted by molar-refractivity contribution is 5.16. The number of rotatable bonds is 0. The molecule has 2 heterocycles. The van der Waals surface area contributed by atoms with Crippen LogP contribution in [-0.2, 0) is 13.0 Å². The first-order valence-electron chi connectivity index (χ1n) is 3.47. The summed E-state index contributed by atoms with van der Waals surface area (Å²) in [5.41, 5.74) is 2.38. The maximum Gasteiger partial charge on any atom is 0.128 e. The van der Waals surface area contributed by atoms with Crippen LogP contribution in [-0.4, -0.2) is 23.6 Å². The van der Waals surface area contributed by atoms with Gasteiger partial charge in [0, 0.05) is 25.1 Å². The minimum atomic E-state index is 0.985. The second kappa shape index (κ2) is 2.09. The summed E-state index contributed by atoms with van der Waals surface area (Å²) in [5.74, 6) is 0. The first-order valence-corrected chi connectivity index (χ1v) is 3.47. The highest BCUT2D eigenvalue weighted by Gasteiger charge is 2.15. The number of fused-ring (bicyclic) bond motifs is 1. The number of hydrogen-bond donors (Lipinski definition) is 0. The highest BCUT2D eigenvalue weighted by Crippen LogP contribution is 2.14. The molecule has 0 saturated heterocycles. The summed E-state index contributed by atoms with van der Waals surface area (Å²) >= 11 is 0. The summed E-state index contributed by atoms with van der Waals surface area (Å²) in [5, 5.41) is 3.89. The van der Waals surface area contributed by atoms with Crippen molar-refractivity contribution in [3.05, 3.63) is 17.5 Å². The molecule has 0 bridgehead atoms. The van der Waals surface area contributed by atoms with Crippen LogP contribution in [0.25, 0.3) is 0 Å². The molecule has 3 heteroatoms. The Balaban J connectivity index is 2.30. The fourth-order valence-corrected chi connectivity index (χ4v) is 1.28. The second-order valence-electron chi connectivity index (χ2n) is 2.77. The molecule has 1 aromatic rings. The fraction of sp³-hybridized carbons (Fsp3) is 0.571. The van der Waals surface area contributed by atoms with Crippen LogP contribution in [0.15, 0.2) is 10.8 Å². The zero-order valence-electron chi connectivity index (χ0n) is 6.00. The lowest BCUT2D eigenvalue weighted by molar-refractivity contribution is 0.311.